The molecule has 156 valence electrons. The minimum Gasteiger partial charge on any atom is -0.465 e. The fourth-order valence-corrected chi connectivity index (χ4v) is 3.90. The van der Waals surface area contributed by atoms with Crippen LogP contribution in [0.15, 0.2) is 30.4 Å². The fraction of sp³-hybridized carbons (Fsp3) is 0.478. The fourth-order valence-electron chi connectivity index (χ4n) is 3.04. The van der Waals surface area contributed by atoms with Crippen molar-refractivity contribution in [3.63, 3.8) is 0 Å². The van der Waals surface area contributed by atoms with Gasteiger partial charge in [0, 0.05) is 30.7 Å². The first-order chi connectivity index (χ1) is 14.0. The Hall–Kier alpha value is -2.36. The van der Waals surface area contributed by atoms with Gasteiger partial charge in [-0.2, -0.15) is 0 Å². The molecule has 0 spiro atoms. The number of nitrogens with zero attached hydrogens (tertiary/aromatic N) is 1. The Morgan fingerprint density at radius 1 is 1.45 bits per heavy atom. The molecule has 5 nitrogen and oxygen atoms in total. The van der Waals surface area contributed by atoms with Crippen molar-refractivity contribution in [1.82, 2.24) is 4.90 Å². The summed E-state index contributed by atoms with van der Waals surface area (Å²) in [4.78, 5) is 27.1. The highest BCUT2D eigenvalue weighted by atomic mass is 32.1. The van der Waals surface area contributed by atoms with Gasteiger partial charge in [-0.1, -0.05) is 32.1 Å². The van der Waals surface area contributed by atoms with Crippen molar-refractivity contribution in [2.45, 2.75) is 51.7 Å². The van der Waals surface area contributed by atoms with Crippen molar-refractivity contribution in [3.05, 3.63) is 40.1 Å². The van der Waals surface area contributed by atoms with Crippen LogP contribution < -0.4 is 0 Å². The van der Waals surface area contributed by atoms with E-state index < -0.39 is 6.10 Å². The zero-order valence-electron chi connectivity index (χ0n) is 17.3. The molecule has 1 N–H and O–H groups in total. The molecule has 0 saturated carbocycles. The average molecular weight is 416 g/mol. The molecular weight excluding hydrogens is 386 g/mol. The molecule has 6 heteroatoms. The van der Waals surface area contributed by atoms with Crippen LogP contribution in [-0.4, -0.2) is 47.7 Å². The van der Waals surface area contributed by atoms with E-state index in [1.54, 1.807) is 12.1 Å². The van der Waals surface area contributed by atoms with Crippen LogP contribution in [0.4, 0.5) is 0 Å². The van der Waals surface area contributed by atoms with Gasteiger partial charge in [-0.3, -0.25) is 4.79 Å². The summed E-state index contributed by atoms with van der Waals surface area (Å²) < 4.78 is 4.71. The number of aliphatic hydroxyl groups excluding tert-OH is 1. The lowest BCUT2D eigenvalue weighted by molar-refractivity contribution is -0.127. The van der Waals surface area contributed by atoms with Crippen LogP contribution in [0.2, 0.25) is 0 Å². The summed E-state index contributed by atoms with van der Waals surface area (Å²) in [5.74, 6) is 5.91. The van der Waals surface area contributed by atoms with Crippen molar-refractivity contribution in [1.29, 1.82) is 0 Å². The van der Waals surface area contributed by atoms with Crippen molar-refractivity contribution >= 4 is 29.3 Å². The number of methoxy groups -OCH3 is 1. The number of esters is 1. The molecule has 1 aliphatic rings. The van der Waals surface area contributed by atoms with Gasteiger partial charge in [0.1, 0.15) is 4.88 Å². The van der Waals surface area contributed by atoms with Gasteiger partial charge in [-0.25, -0.2) is 4.79 Å². The van der Waals surface area contributed by atoms with Gasteiger partial charge >= 0.3 is 5.97 Å². The Morgan fingerprint density at radius 3 is 2.97 bits per heavy atom. The molecule has 0 bridgehead atoms. The lowest BCUT2D eigenvalue weighted by Gasteiger charge is -2.21. The third-order valence-electron chi connectivity index (χ3n) is 4.81. The summed E-state index contributed by atoms with van der Waals surface area (Å²) in [5, 5.41) is 10.3. The minimum atomic E-state index is -0.572. The van der Waals surface area contributed by atoms with Crippen LogP contribution in [0.1, 0.15) is 54.1 Å². The number of rotatable bonds is 8. The van der Waals surface area contributed by atoms with Gasteiger partial charge in [0.15, 0.2) is 0 Å². The summed E-state index contributed by atoms with van der Waals surface area (Å²) in [7, 11) is 1.36. The van der Waals surface area contributed by atoms with Crippen LogP contribution in [0, 0.1) is 17.8 Å². The number of carbonyl (C=O) groups excluding carboxylic acids is 2. The molecule has 29 heavy (non-hydrogen) atoms. The highest BCUT2D eigenvalue weighted by Crippen LogP contribution is 2.22. The van der Waals surface area contributed by atoms with Gasteiger partial charge < -0.3 is 14.7 Å². The second-order valence-corrected chi connectivity index (χ2v) is 8.13. The lowest BCUT2D eigenvalue weighted by atomic mass is 10.00. The second kappa shape index (κ2) is 11.6. The van der Waals surface area contributed by atoms with Crippen molar-refractivity contribution in [2.75, 3.05) is 13.7 Å². The molecule has 1 saturated heterocycles. The Bertz CT molecular complexity index is 814. The summed E-state index contributed by atoms with van der Waals surface area (Å²) in [6.45, 7) is 4.47. The lowest BCUT2D eigenvalue weighted by Crippen LogP contribution is -2.32. The topological polar surface area (TPSA) is 66.8 Å². The van der Waals surface area contributed by atoms with Crippen molar-refractivity contribution < 1.29 is 19.4 Å². The quantitative estimate of drug-likeness (QED) is 0.397. The molecule has 0 aliphatic carbocycles. The minimum absolute atomic E-state index is 0.00954. The van der Waals surface area contributed by atoms with E-state index in [-0.39, 0.29) is 23.8 Å². The number of amides is 1. The Morgan fingerprint density at radius 2 is 2.24 bits per heavy atom. The van der Waals surface area contributed by atoms with Gasteiger partial charge in [-0.15, -0.1) is 23.2 Å². The first-order valence-corrected chi connectivity index (χ1v) is 10.7. The van der Waals surface area contributed by atoms with Crippen LogP contribution in [-0.2, 0) is 9.53 Å². The molecule has 0 unspecified atom stereocenters. The molecule has 1 aromatic rings. The molecular formula is C23H29NO4S. The summed E-state index contributed by atoms with van der Waals surface area (Å²) in [6.07, 6.45) is 9.74. The van der Waals surface area contributed by atoms with Crippen molar-refractivity contribution in [2.24, 2.45) is 5.92 Å². The largest absolute Gasteiger partial charge is 0.465 e. The standard InChI is InChI=1S/C23H29NO4S/c1-4-5-6-8-17(2)20(25)13-10-18-11-15-22(26)24(18)16-7-9-19-12-14-21(29-19)23(27)28-3/h7,9-10,12-14,17-18,20,25H,4,8,11,15-16H2,1-3H3/b9-7-,13-10+/t17-,18-,20+/m0/s1. The van der Waals surface area contributed by atoms with E-state index in [2.05, 4.69) is 11.8 Å². The molecule has 2 rings (SSSR count). The SMILES string of the molecule is CCC#CC[C@H](C)[C@H](O)/C=C/[C@H]1CCC(=O)N1C/C=C\c1ccc(C(=O)OC)s1. The van der Waals surface area contributed by atoms with Crippen LogP contribution in [0.3, 0.4) is 0 Å². The van der Waals surface area contributed by atoms with Crippen LogP contribution >= 0.6 is 11.3 Å². The number of likely N-dealkylation sites (tertiary alicyclic amines) is 1. The van der Waals surface area contributed by atoms with E-state index in [1.165, 1.54) is 18.4 Å². The van der Waals surface area contributed by atoms with E-state index in [9.17, 15) is 14.7 Å². The first-order valence-electron chi connectivity index (χ1n) is 9.92. The molecule has 1 aromatic heterocycles. The predicted molar refractivity (Wildman–Crippen MR) is 116 cm³/mol. The Balaban J connectivity index is 1.92. The molecule has 1 amide bonds. The number of hydrogen-bond donors (Lipinski definition) is 1. The van der Waals surface area contributed by atoms with Gasteiger partial charge in [0.2, 0.25) is 5.91 Å². The maximum atomic E-state index is 12.2. The summed E-state index contributed by atoms with van der Waals surface area (Å²) >= 11 is 1.35. The van der Waals surface area contributed by atoms with Gasteiger partial charge in [-0.05, 0) is 30.5 Å². The maximum absolute atomic E-state index is 12.2. The van der Waals surface area contributed by atoms with Crippen LogP contribution in [0.5, 0.6) is 0 Å². The third kappa shape index (κ3) is 6.88. The summed E-state index contributed by atoms with van der Waals surface area (Å²) in [5.41, 5.74) is 0. The maximum Gasteiger partial charge on any atom is 0.348 e. The Labute approximate surface area is 177 Å². The normalized spacial score (nSPS) is 18.8. The van der Waals surface area contributed by atoms with Gasteiger partial charge in [0.05, 0.1) is 19.3 Å². The highest BCUT2D eigenvalue weighted by molar-refractivity contribution is 7.14. The molecule has 1 aliphatic heterocycles. The molecule has 1 fully saturated rings. The number of ether oxygens (including phenoxy) is 1. The predicted octanol–water partition coefficient (Wildman–Crippen LogP) is 3.90. The van der Waals surface area contributed by atoms with E-state index in [0.29, 0.717) is 24.3 Å². The zero-order valence-corrected chi connectivity index (χ0v) is 18.1. The van der Waals surface area contributed by atoms with E-state index >= 15 is 0 Å². The molecule has 0 aromatic carbocycles. The average Bonchev–Trinajstić information content (AvgIpc) is 3.33. The molecule has 3 atom stereocenters. The molecule has 2 heterocycles. The second-order valence-electron chi connectivity index (χ2n) is 7.01. The van der Waals surface area contributed by atoms with Gasteiger partial charge in [0.25, 0.3) is 0 Å². The number of carbonyl (C=O) groups is 2. The first kappa shape index (κ1) is 22.9. The molecule has 0 radical (unpaired) electrons. The van der Waals surface area contributed by atoms with Crippen LogP contribution in [0.25, 0.3) is 6.08 Å². The Kier molecular flexibility index (Phi) is 9.17. The third-order valence-corrected chi connectivity index (χ3v) is 5.84. The number of aliphatic hydroxyl groups is 1. The van der Waals surface area contributed by atoms with Crippen molar-refractivity contribution in [3.8, 4) is 11.8 Å². The van der Waals surface area contributed by atoms with E-state index in [1.807, 2.05) is 43.0 Å². The highest BCUT2D eigenvalue weighted by Gasteiger charge is 2.28. The summed E-state index contributed by atoms with van der Waals surface area (Å²) in [6, 6.07) is 3.58. The smallest absolute Gasteiger partial charge is 0.348 e. The number of thiophene rings is 1. The van der Waals surface area contributed by atoms with E-state index in [0.717, 1.165) is 17.7 Å². The van der Waals surface area contributed by atoms with E-state index in [4.69, 9.17) is 4.74 Å². The zero-order chi connectivity index (χ0) is 21.2. The monoisotopic (exact) mass is 415 g/mol. The number of hydrogen-bond acceptors (Lipinski definition) is 5.